The molecule has 1 unspecified atom stereocenters. The molecule has 0 fully saturated rings. The number of carbonyl (C=O) groups excluding carboxylic acids is 1. The first-order valence-corrected chi connectivity index (χ1v) is 6.58. The third kappa shape index (κ3) is 3.93. The van der Waals surface area contributed by atoms with E-state index < -0.39 is 12.0 Å². The van der Waals surface area contributed by atoms with Gasteiger partial charge < -0.3 is 15.2 Å². The van der Waals surface area contributed by atoms with Crippen LogP contribution in [0.1, 0.15) is 27.7 Å². The van der Waals surface area contributed by atoms with Crippen LogP contribution in [0.2, 0.25) is 0 Å². The summed E-state index contributed by atoms with van der Waals surface area (Å²) >= 11 is 1.25. The SMILES string of the molecule is COCC(C)NC(=O)Nc1sc(C)c(C)c1C(=O)O. The predicted octanol–water partition coefficient (Wildman–Crippen LogP) is 2.22. The third-order valence-electron chi connectivity index (χ3n) is 2.62. The molecule has 0 saturated heterocycles. The largest absolute Gasteiger partial charge is 0.478 e. The smallest absolute Gasteiger partial charge is 0.338 e. The van der Waals surface area contributed by atoms with Gasteiger partial charge in [0.05, 0.1) is 18.2 Å². The molecule has 2 amide bonds. The Balaban J connectivity index is 2.80. The van der Waals surface area contributed by atoms with Gasteiger partial charge in [-0.1, -0.05) is 0 Å². The topological polar surface area (TPSA) is 87.7 Å². The minimum absolute atomic E-state index is 0.150. The zero-order chi connectivity index (χ0) is 14.6. The predicted molar refractivity (Wildman–Crippen MR) is 74.2 cm³/mol. The molecular weight excluding hydrogens is 268 g/mol. The number of anilines is 1. The Morgan fingerprint density at radius 3 is 2.58 bits per heavy atom. The fourth-order valence-corrected chi connectivity index (χ4v) is 2.67. The van der Waals surface area contributed by atoms with E-state index in [0.29, 0.717) is 17.2 Å². The second-order valence-electron chi connectivity index (χ2n) is 4.25. The van der Waals surface area contributed by atoms with Crippen LogP contribution in [0.4, 0.5) is 9.80 Å². The molecular formula is C12H18N2O4S. The second-order valence-corrected chi connectivity index (χ2v) is 5.47. The number of carbonyl (C=O) groups is 2. The summed E-state index contributed by atoms with van der Waals surface area (Å²) in [6.45, 7) is 5.74. The number of rotatable bonds is 5. The van der Waals surface area contributed by atoms with E-state index >= 15 is 0 Å². The standard InChI is InChI=1S/C12H18N2O4S/c1-6(5-18-4)13-12(17)14-10-9(11(15)16)7(2)8(3)19-10/h6H,5H2,1-4H3,(H,15,16)(H2,13,14,17). The summed E-state index contributed by atoms with van der Waals surface area (Å²) in [4.78, 5) is 23.8. The molecule has 0 aromatic carbocycles. The molecule has 7 heteroatoms. The highest BCUT2D eigenvalue weighted by molar-refractivity contribution is 7.16. The molecule has 0 bridgehead atoms. The highest BCUT2D eigenvalue weighted by Crippen LogP contribution is 2.32. The van der Waals surface area contributed by atoms with E-state index in [4.69, 9.17) is 9.84 Å². The van der Waals surface area contributed by atoms with Crippen LogP contribution in [0.3, 0.4) is 0 Å². The number of ether oxygens (including phenoxy) is 1. The van der Waals surface area contributed by atoms with Crippen LogP contribution in [-0.2, 0) is 4.74 Å². The maximum Gasteiger partial charge on any atom is 0.338 e. The number of thiophene rings is 1. The lowest BCUT2D eigenvalue weighted by atomic mass is 10.1. The van der Waals surface area contributed by atoms with Gasteiger partial charge >= 0.3 is 12.0 Å². The Bertz CT molecular complexity index is 484. The molecule has 1 rings (SSSR count). The Kier molecular flexibility index (Phi) is 5.31. The molecule has 1 atom stereocenters. The molecule has 0 aliphatic rings. The van der Waals surface area contributed by atoms with Crippen molar-refractivity contribution >= 4 is 28.3 Å². The van der Waals surface area contributed by atoms with Crippen LogP contribution in [0.5, 0.6) is 0 Å². The first-order valence-electron chi connectivity index (χ1n) is 5.76. The number of urea groups is 1. The van der Waals surface area contributed by atoms with Gasteiger partial charge in [-0.05, 0) is 26.3 Å². The van der Waals surface area contributed by atoms with Gasteiger partial charge in [0, 0.05) is 12.0 Å². The van der Waals surface area contributed by atoms with Gasteiger partial charge in [0.1, 0.15) is 5.00 Å². The Labute approximate surface area is 115 Å². The number of nitrogens with one attached hydrogen (secondary N) is 2. The third-order valence-corrected chi connectivity index (χ3v) is 3.74. The van der Waals surface area contributed by atoms with Gasteiger partial charge in [-0.3, -0.25) is 5.32 Å². The Morgan fingerprint density at radius 1 is 1.42 bits per heavy atom. The highest BCUT2D eigenvalue weighted by atomic mass is 32.1. The molecule has 106 valence electrons. The zero-order valence-electron chi connectivity index (χ0n) is 11.4. The lowest BCUT2D eigenvalue weighted by Gasteiger charge is -2.13. The first-order chi connectivity index (χ1) is 8.86. The van der Waals surface area contributed by atoms with Crippen LogP contribution in [0.25, 0.3) is 0 Å². The number of hydrogen-bond donors (Lipinski definition) is 3. The fourth-order valence-electron chi connectivity index (χ4n) is 1.63. The summed E-state index contributed by atoms with van der Waals surface area (Å²) in [5, 5.41) is 14.7. The van der Waals surface area contributed by atoms with Crippen molar-refractivity contribution in [3.8, 4) is 0 Å². The molecule has 1 aromatic rings. The summed E-state index contributed by atoms with van der Waals surface area (Å²) in [5.41, 5.74) is 0.829. The lowest BCUT2D eigenvalue weighted by Crippen LogP contribution is -2.38. The summed E-state index contributed by atoms with van der Waals surface area (Å²) in [6.07, 6.45) is 0. The zero-order valence-corrected chi connectivity index (χ0v) is 12.2. The minimum Gasteiger partial charge on any atom is -0.478 e. The quantitative estimate of drug-likeness (QED) is 0.774. The van der Waals surface area contributed by atoms with Crippen molar-refractivity contribution in [3.05, 3.63) is 16.0 Å². The molecule has 3 N–H and O–H groups in total. The normalized spacial score (nSPS) is 12.0. The molecule has 19 heavy (non-hydrogen) atoms. The van der Waals surface area contributed by atoms with E-state index in [1.54, 1.807) is 21.0 Å². The van der Waals surface area contributed by atoms with Crippen LogP contribution >= 0.6 is 11.3 Å². The van der Waals surface area contributed by atoms with Crippen molar-refractivity contribution in [2.24, 2.45) is 0 Å². The molecule has 0 aliphatic carbocycles. The highest BCUT2D eigenvalue weighted by Gasteiger charge is 2.20. The van der Waals surface area contributed by atoms with Crippen molar-refractivity contribution in [1.82, 2.24) is 5.32 Å². The molecule has 0 radical (unpaired) electrons. The average molecular weight is 286 g/mol. The van der Waals surface area contributed by atoms with Crippen LogP contribution in [0, 0.1) is 13.8 Å². The molecule has 0 spiro atoms. The number of carboxylic acid groups (broad SMARTS) is 1. The van der Waals surface area contributed by atoms with Gasteiger partial charge in [-0.25, -0.2) is 9.59 Å². The average Bonchev–Trinajstić information content (AvgIpc) is 2.54. The number of methoxy groups -OCH3 is 1. The van der Waals surface area contributed by atoms with Crippen molar-refractivity contribution in [2.45, 2.75) is 26.8 Å². The van der Waals surface area contributed by atoms with Crippen molar-refractivity contribution < 1.29 is 19.4 Å². The molecule has 1 heterocycles. The molecule has 0 saturated carbocycles. The van der Waals surface area contributed by atoms with Gasteiger partial charge in [0.15, 0.2) is 0 Å². The number of aryl methyl sites for hydroxylation is 1. The number of carboxylic acids is 1. The number of aromatic carboxylic acids is 1. The second kappa shape index (κ2) is 6.53. The molecule has 0 aliphatic heterocycles. The van der Waals surface area contributed by atoms with Crippen LogP contribution in [0.15, 0.2) is 0 Å². The van der Waals surface area contributed by atoms with Crippen molar-refractivity contribution in [1.29, 1.82) is 0 Å². The van der Waals surface area contributed by atoms with Crippen molar-refractivity contribution in [2.75, 3.05) is 19.0 Å². The maximum absolute atomic E-state index is 11.7. The van der Waals surface area contributed by atoms with Gasteiger partial charge in [-0.2, -0.15) is 0 Å². The summed E-state index contributed by atoms with van der Waals surface area (Å²) in [6, 6.07) is -0.589. The van der Waals surface area contributed by atoms with Crippen LogP contribution < -0.4 is 10.6 Å². The van der Waals surface area contributed by atoms with E-state index in [2.05, 4.69) is 10.6 Å². The van der Waals surface area contributed by atoms with Crippen LogP contribution in [-0.4, -0.2) is 36.9 Å². The van der Waals surface area contributed by atoms with E-state index in [1.165, 1.54) is 11.3 Å². The summed E-state index contributed by atoms with van der Waals surface area (Å²) in [7, 11) is 1.55. The minimum atomic E-state index is -1.04. The van der Waals surface area contributed by atoms with Gasteiger partial charge in [0.25, 0.3) is 0 Å². The summed E-state index contributed by atoms with van der Waals surface area (Å²) in [5.74, 6) is -1.04. The molecule has 6 nitrogen and oxygen atoms in total. The van der Waals surface area contributed by atoms with Gasteiger partial charge in [0.2, 0.25) is 0 Å². The maximum atomic E-state index is 11.7. The fraction of sp³-hybridized carbons (Fsp3) is 0.500. The van der Waals surface area contributed by atoms with Gasteiger partial charge in [-0.15, -0.1) is 11.3 Å². The summed E-state index contributed by atoms with van der Waals surface area (Å²) < 4.78 is 4.91. The van der Waals surface area contributed by atoms with E-state index in [1.807, 2.05) is 6.92 Å². The van der Waals surface area contributed by atoms with Crippen molar-refractivity contribution in [3.63, 3.8) is 0 Å². The molecule has 1 aromatic heterocycles. The Morgan fingerprint density at radius 2 is 2.05 bits per heavy atom. The van der Waals surface area contributed by atoms with E-state index in [-0.39, 0.29) is 11.6 Å². The first kappa shape index (κ1) is 15.5. The van der Waals surface area contributed by atoms with E-state index in [0.717, 1.165) is 4.88 Å². The number of amides is 2. The van der Waals surface area contributed by atoms with E-state index in [9.17, 15) is 9.59 Å². The monoisotopic (exact) mass is 286 g/mol. The lowest BCUT2D eigenvalue weighted by molar-refractivity contribution is 0.0697. The number of hydrogen-bond acceptors (Lipinski definition) is 4. The Hall–Kier alpha value is -1.60.